The third-order valence-electron chi connectivity index (χ3n) is 2.79. The Balaban J connectivity index is 2.29. The lowest BCUT2D eigenvalue weighted by Gasteiger charge is -2.26. The zero-order valence-corrected chi connectivity index (χ0v) is 10.3. The Labute approximate surface area is 101 Å². The molecule has 1 atom stereocenters. The van der Waals surface area contributed by atoms with Crippen molar-refractivity contribution in [1.82, 2.24) is 0 Å². The highest BCUT2D eigenvalue weighted by molar-refractivity contribution is 5.44. The molecule has 94 valence electrons. The average molecular weight is 237 g/mol. The Kier molecular flexibility index (Phi) is 3.26. The summed E-state index contributed by atoms with van der Waals surface area (Å²) in [7, 11) is 0. The first kappa shape index (κ1) is 12.2. The van der Waals surface area contributed by atoms with E-state index in [0.717, 1.165) is 17.7 Å². The lowest BCUT2D eigenvalue weighted by atomic mass is 9.92. The Bertz CT molecular complexity index is 398. The highest BCUT2D eigenvalue weighted by Crippen LogP contribution is 2.34. The molecule has 0 spiro atoms. The first-order valence-electron chi connectivity index (χ1n) is 5.85. The molecular weight excluding hydrogens is 218 g/mol. The first-order valence-corrected chi connectivity index (χ1v) is 5.85. The van der Waals surface area contributed by atoms with Crippen molar-refractivity contribution in [2.75, 3.05) is 13.2 Å². The highest BCUT2D eigenvalue weighted by atomic mass is 16.5. The van der Waals surface area contributed by atoms with Crippen molar-refractivity contribution in [3.05, 3.63) is 23.8 Å². The standard InChI is InChI=1S/C13H19NO3/c1-13(2,14)12(15)9-4-5-10-11(8-9)17-7-3-6-16-10/h4-5,8,12,15H,3,6-7,14H2,1-2H3. The van der Waals surface area contributed by atoms with Gasteiger partial charge in [-0.3, -0.25) is 0 Å². The number of hydrogen-bond acceptors (Lipinski definition) is 4. The molecular formula is C13H19NO3. The van der Waals surface area contributed by atoms with E-state index in [0.29, 0.717) is 19.0 Å². The number of rotatable bonds is 2. The van der Waals surface area contributed by atoms with Gasteiger partial charge in [0.15, 0.2) is 11.5 Å². The Morgan fingerprint density at radius 2 is 1.88 bits per heavy atom. The molecule has 0 radical (unpaired) electrons. The second-order valence-electron chi connectivity index (χ2n) is 4.98. The topological polar surface area (TPSA) is 64.7 Å². The largest absolute Gasteiger partial charge is 0.490 e. The maximum Gasteiger partial charge on any atom is 0.161 e. The van der Waals surface area contributed by atoms with Crippen LogP contribution in [0.4, 0.5) is 0 Å². The fourth-order valence-electron chi connectivity index (χ4n) is 1.78. The van der Waals surface area contributed by atoms with Crippen LogP contribution in [0.5, 0.6) is 11.5 Å². The summed E-state index contributed by atoms with van der Waals surface area (Å²) in [6, 6.07) is 5.46. The van der Waals surface area contributed by atoms with Crippen LogP contribution in [0.1, 0.15) is 31.9 Å². The van der Waals surface area contributed by atoms with Gasteiger partial charge in [-0.25, -0.2) is 0 Å². The van der Waals surface area contributed by atoms with Gasteiger partial charge < -0.3 is 20.3 Å². The second-order valence-corrected chi connectivity index (χ2v) is 4.98. The van der Waals surface area contributed by atoms with Crippen molar-refractivity contribution >= 4 is 0 Å². The fourth-order valence-corrected chi connectivity index (χ4v) is 1.78. The molecule has 0 amide bonds. The molecule has 2 rings (SSSR count). The molecule has 1 aliphatic rings. The number of aliphatic hydroxyl groups is 1. The third kappa shape index (κ3) is 2.70. The molecule has 0 saturated heterocycles. The van der Waals surface area contributed by atoms with E-state index in [1.807, 2.05) is 12.1 Å². The molecule has 1 heterocycles. The zero-order chi connectivity index (χ0) is 12.5. The van der Waals surface area contributed by atoms with Gasteiger partial charge in [0.1, 0.15) is 0 Å². The van der Waals surface area contributed by atoms with Crippen LogP contribution in [0.2, 0.25) is 0 Å². The van der Waals surface area contributed by atoms with Crippen molar-refractivity contribution < 1.29 is 14.6 Å². The summed E-state index contributed by atoms with van der Waals surface area (Å²) in [6.45, 7) is 4.89. The number of benzene rings is 1. The van der Waals surface area contributed by atoms with E-state index >= 15 is 0 Å². The van der Waals surface area contributed by atoms with Crippen LogP contribution in [-0.2, 0) is 0 Å². The summed E-state index contributed by atoms with van der Waals surface area (Å²) in [5, 5.41) is 10.1. The van der Waals surface area contributed by atoms with E-state index in [2.05, 4.69) is 0 Å². The minimum atomic E-state index is -0.723. The zero-order valence-electron chi connectivity index (χ0n) is 10.3. The van der Waals surface area contributed by atoms with Gasteiger partial charge in [0, 0.05) is 12.0 Å². The second kappa shape index (κ2) is 4.55. The molecule has 4 nitrogen and oxygen atoms in total. The average Bonchev–Trinajstić information content (AvgIpc) is 2.50. The van der Waals surface area contributed by atoms with E-state index in [1.165, 1.54) is 0 Å². The maximum atomic E-state index is 10.1. The summed E-state index contributed by atoms with van der Waals surface area (Å²) in [5.41, 5.74) is 5.97. The Morgan fingerprint density at radius 1 is 1.24 bits per heavy atom. The van der Waals surface area contributed by atoms with Crippen LogP contribution >= 0.6 is 0 Å². The van der Waals surface area contributed by atoms with Gasteiger partial charge >= 0.3 is 0 Å². The molecule has 17 heavy (non-hydrogen) atoms. The molecule has 1 aromatic carbocycles. The van der Waals surface area contributed by atoms with Gasteiger partial charge in [-0.05, 0) is 31.5 Å². The summed E-state index contributed by atoms with van der Waals surface area (Å²) in [6.07, 6.45) is 0.147. The van der Waals surface area contributed by atoms with Gasteiger partial charge in [-0.1, -0.05) is 6.07 Å². The predicted octanol–water partition coefficient (Wildman–Crippen LogP) is 1.62. The Morgan fingerprint density at radius 3 is 2.53 bits per heavy atom. The molecule has 3 N–H and O–H groups in total. The van der Waals surface area contributed by atoms with Crippen LogP contribution < -0.4 is 15.2 Å². The molecule has 0 bridgehead atoms. The Hall–Kier alpha value is -1.26. The van der Waals surface area contributed by atoms with E-state index < -0.39 is 11.6 Å². The van der Waals surface area contributed by atoms with Crippen molar-refractivity contribution in [3.63, 3.8) is 0 Å². The molecule has 1 unspecified atom stereocenters. The van der Waals surface area contributed by atoms with Gasteiger partial charge in [0.25, 0.3) is 0 Å². The van der Waals surface area contributed by atoms with Gasteiger partial charge in [-0.2, -0.15) is 0 Å². The third-order valence-corrected chi connectivity index (χ3v) is 2.79. The van der Waals surface area contributed by atoms with Crippen molar-refractivity contribution in [1.29, 1.82) is 0 Å². The number of nitrogens with two attached hydrogens (primary N) is 1. The number of hydrogen-bond donors (Lipinski definition) is 2. The smallest absolute Gasteiger partial charge is 0.161 e. The number of fused-ring (bicyclic) bond motifs is 1. The summed E-state index contributed by atoms with van der Waals surface area (Å²) < 4.78 is 11.1. The van der Waals surface area contributed by atoms with Crippen LogP contribution in [0.3, 0.4) is 0 Å². The summed E-state index contributed by atoms with van der Waals surface area (Å²) >= 11 is 0. The van der Waals surface area contributed by atoms with Crippen LogP contribution in [0, 0.1) is 0 Å². The predicted molar refractivity (Wildman–Crippen MR) is 65.3 cm³/mol. The van der Waals surface area contributed by atoms with Crippen molar-refractivity contribution in [2.45, 2.75) is 31.9 Å². The van der Waals surface area contributed by atoms with Crippen LogP contribution in [-0.4, -0.2) is 23.9 Å². The molecule has 0 fully saturated rings. The minimum absolute atomic E-state index is 0.637. The number of ether oxygens (including phenoxy) is 2. The monoisotopic (exact) mass is 237 g/mol. The minimum Gasteiger partial charge on any atom is -0.490 e. The molecule has 1 aromatic rings. The quantitative estimate of drug-likeness (QED) is 0.820. The lowest BCUT2D eigenvalue weighted by Crippen LogP contribution is -2.39. The summed E-state index contributed by atoms with van der Waals surface area (Å²) in [5.74, 6) is 1.41. The van der Waals surface area contributed by atoms with E-state index in [9.17, 15) is 5.11 Å². The summed E-state index contributed by atoms with van der Waals surface area (Å²) in [4.78, 5) is 0. The molecule has 0 aromatic heterocycles. The van der Waals surface area contributed by atoms with Gasteiger partial charge in [0.05, 0.1) is 19.3 Å². The van der Waals surface area contributed by atoms with E-state index in [-0.39, 0.29) is 0 Å². The fraction of sp³-hybridized carbons (Fsp3) is 0.538. The molecule has 1 aliphatic heterocycles. The van der Waals surface area contributed by atoms with Crippen LogP contribution in [0.15, 0.2) is 18.2 Å². The SMILES string of the molecule is CC(C)(N)C(O)c1ccc2c(c1)OCCCO2. The van der Waals surface area contributed by atoms with Gasteiger partial charge in [0.2, 0.25) is 0 Å². The van der Waals surface area contributed by atoms with Crippen molar-refractivity contribution in [2.24, 2.45) is 5.73 Å². The number of aliphatic hydroxyl groups excluding tert-OH is 1. The molecule has 0 aliphatic carbocycles. The molecule has 4 heteroatoms. The van der Waals surface area contributed by atoms with Crippen molar-refractivity contribution in [3.8, 4) is 11.5 Å². The highest BCUT2D eigenvalue weighted by Gasteiger charge is 2.25. The first-order chi connectivity index (χ1) is 7.98. The maximum absolute atomic E-state index is 10.1. The molecule has 0 saturated carbocycles. The normalized spacial score (nSPS) is 17.4. The van der Waals surface area contributed by atoms with Gasteiger partial charge in [-0.15, -0.1) is 0 Å². The van der Waals surface area contributed by atoms with E-state index in [4.69, 9.17) is 15.2 Å². The lowest BCUT2D eigenvalue weighted by molar-refractivity contribution is 0.104. The van der Waals surface area contributed by atoms with Crippen LogP contribution in [0.25, 0.3) is 0 Å². The van der Waals surface area contributed by atoms with E-state index in [1.54, 1.807) is 19.9 Å².